The summed E-state index contributed by atoms with van der Waals surface area (Å²) < 4.78 is 21.3. The number of nitrogens with zero attached hydrogens (tertiary/aromatic N) is 16. The molecule has 25 nitrogen and oxygen atoms in total. The molecular formula is C84H124Br3Cl6N19O6. The van der Waals surface area contributed by atoms with Crippen molar-refractivity contribution in [2.45, 2.75) is 202 Å². The molecule has 0 atom stereocenters. The summed E-state index contributed by atoms with van der Waals surface area (Å²) in [6.45, 7) is 39.7. The zero-order valence-electron chi connectivity index (χ0n) is 65.8. The summed E-state index contributed by atoms with van der Waals surface area (Å²) in [7, 11) is 0. The molecule has 0 saturated carbocycles. The van der Waals surface area contributed by atoms with Crippen molar-refractivity contribution in [1.29, 1.82) is 0 Å². The van der Waals surface area contributed by atoms with Crippen LogP contribution in [0.25, 0.3) is 22.1 Å². The van der Waals surface area contributed by atoms with Gasteiger partial charge in [0.1, 0.15) is 11.2 Å². The predicted molar refractivity (Wildman–Crippen MR) is 502 cm³/mol. The number of piperidine rings is 1. The highest BCUT2D eigenvalue weighted by atomic mass is 79.9. The molecule has 4 fully saturated rings. The number of rotatable bonds is 7. The first-order valence-electron chi connectivity index (χ1n) is 36.3. The maximum atomic E-state index is 12.5. The SMILES string of the molecule is C.C.C.C.C.C.CC(=O)N1CCN(c2cc(Cl)cn3cncc23)CC1(C)C.CC(C)(C)OC(=O)N1CCN(c2cc(Cl)cn3cncc23)CC1(C)C.CC(C)(C)OC(=O)N1CCNCC1(C)C.CC1(C)CCCN(c2cc(Cl)cn3cncc23)C1.Clc1cc(Br)c2cncn2c1.NCc1ncc(Cl)cc1Br.O=CNCc1ncc(Cl)cc1Br. The number of nitrogens with two attached hydrogens (primary N) is 1. The minimum absolute atomic E-state index is 0. The molecule has 654 valence electrons. The molecule has 118 heavy (non-hydrogen) atoms. The van der Waals surface area contributed by atoms with Crippen LogP contribution < -0.4 is 31.1 Å². The summed E-state index contributed by atoms with van der Waals surface area (Å²) in [5.41, 5.74) is 13.2. The van der Waals surface area contributed by atoms with Crippen LogP contribution in [-0.2, 0) is 32.2 Å². The topological polar surface area (TPSA) is 251 Å². The van der Waals surface area contributed by atoms with Gasteiger partial charge in [0.15, 0.2) is 0 Å². The number of carbonyl (C=O) groups excluding carboxylic acids is 4. The van der Waals surface area contributed by atoms with Gasteiger partial charge in [0, 0.05) is 136 Å². The first-order chi connectivity index (χ1) is 52.5. The maximum absolute atomic E-state index is 12.5. The van der Waals surface area contributed by atoms with Crippen LogP contribution in [0.4, 0.5) is 26.7 Å². The van der Waals surface area contributed by atoms with E-state index in [-0.39, 0.29) is 79.3 Å². The van der Waals surface area contributed by atoms with Crippen LogP contribution in [-0.4, -0.2) is 187 Å². The number of hydrogen-bond donors (Lipinski definition) is 3. The Kier molecular flexibility index (Phi) is 42.1. The quantitative estimate of drug-likeness (QED) is 0.125. The van der Waals surface area contributed by atoms with Gasteiger partial charge in [-0.05, 0) is 186 Å². The van der Waals surface area contributed by atoms with Crippen LogP contribution in [0.2, 0.25) is 30.1 Å². The largest absolute Gasteiger partial charge is 0.444 e. The normalized spacial score (nSPS) is 15.5. The lowest BCUT2D eigenvalue weighted by molar-refractivity contribution is -0.134. The Balaban J connectivity index is 0.000000472. The molecule has 10 aromatic rings. The molecule has 0 spiro atoms. The van der Waals surface area contributed by atoms with Crippen LogP contribution in [0.15, 0.2) is 137 Å². The second-order valence-corrected chi connectivity index (χ2v) is 37.0. The van der Waals surface area contributed by atoms with Gasteiger partial charge in [-0.25, -0.2) is 29.5 Å². The molecule has 0 unspecified atom stereocenters. The van der Waals surface area contributed by atoms with Crippen molar-refractivity contribution in [1.82, 2.24) is 72.8 Å². The van der Waals surface area contributed by atoms with Gasteiger partial charge in [-0.1, -0.05) is 128 Å². The van der Waals surface area contributed by atoms with E-state index >= 15 is 0 Å². The Hall–Kier alpha value is -6.96. The number of anilines is 3. The molecule has 10 aromatic heterocycles. The Morgan fingerprint density at radius 3 is 1.22 bits per heavy atom. The van der Waals surface area contributed by atoms with Gasteiger partial charge in [-0.2, -0.15) is 0 Å². The molecule has 0 bridgehead atoms. The van der Waals surface area contributed by atoms with Gasteiger partial charge in [-0.3, -0.25) is 24.5 Å². The smallest absolute Gasteiger partial charge is 0.410 e. The van der Waals surface area contributed by atoms with Gasteiger partial charge in [0.25, 0.3) is 0 Å². The Morgan fingerprint density at radius 1 is 0.492 bits per heavy atom. The summed E-state index contributed by atoms with van der Waals surface area (Å²) >= 11 is 45.7. The van der Waals surface area contributed by atoms with E-state index in [2.05, 4.69) is 151 Å². The number of nitrogens with one attached hydrogen (secondary N) is 2. The number of amides is 4. The summed E-state index contributed by atoms with van der Waals surface area (Å²) in [6, 6.07) is 11.3. The minimum atomic E-state index is -0.499. The second-order valence-electron chi connectivity index (χ2n) is 31.8. The predicted octanol–water partition coefficient (Wildman–Crippen LogP) is 21.7. The number of pyridine rings is 6. The Morgan fingerprint density at radius 2 is 0.856 bits per heavy atom. The van der Waals surface area contributed by atoms with Crippen LogP contribution >= 0.6 is 117 Å². The highest BCUT2D eigenvalue weighted by molar-refractivity contribution is 9.11. The second kappa shape index (κ2) is 46.3. The third-order valence-corrected chi connectivity index (χ3v) is 21.5. The molecule has 0 aliphatic carbocycles. The van der Waals surface area contributed by atoms with E-state index in [0.29, 0.717) is 76.2 Å². The van der Waals surface area contributed by atoms with Crippen LogP contribution in [0.1, 0.15) is 173 Å². The number of ether oxygens (including phenoxy) is 2. The highest BCUT2D eigenvalue weighted by Gasteiger charge is 2.41. The third-order valence-electron chi connectivity index (χ3n) is 18.3. The minimum Gasteiger partial charge on any atom is -0.444 e. The molecule has 4 saturated heterocycles. The molecule has 4 aliphatic heterocycles. The van der Waals surface area contributed by atoms with Gasteiger partial charge >= 0.3 is 12.2 Å². The molecule has 34 heteroatoms. The maximum Gasteiger partial charge on any atom is 0.410 e. The molecule has 4 N–H and O–H groups in total. The third kappa shape index (κ3) is 30.3. The zero-order chi connectivity index (χ0) is 82.4. The number of carbonyl (C=O) groups is 4. The lowest BCUT2D eigenvalue weighted by atomic mass is 9.84. The van der Waals surface area contributed by atoms with E-state index < -0.39 is 11.2 Å². The summed E-state index contributed by atoms with van der Waals surface area (Å²) in [4.78, 5) is 83.3. The lowest BCUT2D eigenvalue weighted by Crippen LogP contribution is -2.61. The first-order valence-corrected chi connectivity index (χ1v) is 40.9. The standard InChI is InChI=1S/C18H25ClN4O2.C15H19ClN4O.C14H18ClN3.C11H22N2O2.C7H6BrClN2O.C7H4BrClN2.C6H6BrClN2.6CH4/c1-17(2,3)25-16(24)23-7-6-21(11-18(23,4)5)14-8-13(19)10-22-12-20-9-15(14)22;1-11(21)20-5-4-18(9-15(20,2)3)13-6-12(16)8-19-10-17-7-14(13)19;1-14(2)4-3-5-17(9-14)12-6-11(15)8-18-10-16-7-13(12)18;1-10(2,3)15-9(14)13-7-6-12-8-11(13,4)5;8-6-1-5(9)2-11-7(6)3-10-4-12;8-6-1-5(9)3-11-4-10-2-7(6)11;7-5-1-4(8)3-10-6(5)2-9;;;;;;/h8-10,12H,6-7,11H2,1-5H3;6-8,10H,4-5,9H2,1-3H3;6-8,10H,3-5,9H2,1-2H3;12H,6-8H2,1-5H3;1-2,4H,3H2,(H,10,12);1-4H;1,3H,2,9H2;6*1H4. The monoisotopic (exact) mass is 1940 g/mol. The van der Waals surface area contributed by atoms with Crippen molar-refractivity contribution in [2.75, 3.05) is 86.7 Å². The Labute approximate surface area is 755 Å². The number of halogens is 9. The average molecular weight is 1950 g/mol. The van der Waals surface area contributed by atoms with Crippen LogP contribution in [0, 0.1) is 5.41 Å². The van der Waals surface area contributed by atoms with Gasteiger partial charge in [-0.15, -0.1) is 0 Å². The highest BCUT2D eigenvalue weighted by Crippen LogP contribution is 2.37. The lowest BCUT2D eigenvalue weighted by Gasteiger charge is -2.47. The molecule has 14 heterocycles. The number of fused-ring (bicyclic) bond motifs is 4. The molecule has 4 aliphatic rings. The average Bonchev–Trinajstić information content (AvgIpc) is 1.39. The van der Waals surface area contributed by atoms with E-state index in [1.54, 1.807) is 61.7 Å². The van der Waals surface area contributed by atoms with Crippen LogP contribution in [0.5, 0.6) is 0 Å². The number of imidazole rings is 4. The first kappa shape index (κ1) is 107. The summed E-state index contributed by atoms with van der Waals surface area (Å²) in [6.07, 6.45) is 27.6. The van der Waals surface area contributed by atoms with E-state index in [1.165, 1.54) is 24.7 Å². The molecule has 14 rings (SSSR count). The van der Waals surface area contributed by atoms with Gasteiger partial charge in [0.2, 0.25) is 12.3 Å². The van der Waals surface area contributed by atoms with Crippen molar-refractivity contribution in [3.8, 4) is 0 Å². The van der Waals surface area contributed by atoms with E-state index in [9.17, 15) is 19.2 Å². The molecular weight excluding hydrogens is 1820 g/mol. The Bertz CT molecular complexity index is 4870. The fourth-order valence-corrected chi connectivity index (χ4v) is 16.3. The van der Waals surface area contributed by atoms with Crippen molar-refractivity contribution in [3.63, 3.8) is 0 Å². The van der Waals surface area contributed by atoms with Crippen molar-refractivity contribution < 1.29 is 28.7 Å². The number of piperazine rings is 3. The zero-order valence-corrected chi connectivity index (χ0v) is 75.1. The van der Waals surface area contributed by atoms with E-state index in [4.69, 9.17) is 84.8 Å². The van der Waals surface area contributed by atoms with Gasteiger partial charge in [0.05, 0.1) is 154 Å². The fourth-order valence-electron chi connectivity index (χ4n) is 13.2. The van der Waals surface area contributed by atoms with E-state index in [0.717, 1.165) is 109 Å². The number of aromatic nitrogens is 10. The summed E-state index contributed by atoms with van der Waals surface area (Å²) in [5, 5.41) is 9.77. The molecule has 4 amide bonds. The van der Waals surface area contributed by atoms with Crippen molar-refractivity contribution in [3.05, 3.63) is 179 Å². The van der Waals surface area contributed by atoms with E-state index in [1.807, 2.05) is 144 Å². The van der Waals surface area contributed by atoms with Crippen molar-refractivity contribution >= 4 is 181 Å². The number of hydrogen-bond acceptors (Lipinski definition) is 17. The molecule has 0 radical (unpaired) electrons. The molecule has 0 aromatic carbocycles. The van der Waals surface area contributed by atoms with Crippen molar-refractivity contribution in [2.24, 2.45) is 11.1 Å². The summed E-state index contributed by atoms with van der Waals surface area (Å²) in [5.74, 6) is 0.125. The fraction of sp³-hybridized carbons (Fsp3) is 0.500. The van der Waals surface area contributed by atoms with Crippen LogP contribution in [0.3, 0.4) is 0 Å². The van der Waals surface area contributed by atoms with Gasteiger partial charge < -0.3 is 67.9 Å².